The molecule has 0 saturated heterocycles. The fourth-order valence-corrected chi connectivity index (χ4v) is 3.17. The Balaban J connectivity index is 2.34. The molecule has 2 aromatic carbocycles. The normalized spacial score (nSPS) is 12.8. The van der Waals surface area contributed by atoms with Gasteiger partial charge in [-0.25, -0.2) is 4.98 Å². The van der Waals surface area contributed by atoms with E-state index >= 15 is 0 Å². The minimum Gasteiger partial charge on any atom is -0.304 e. The molecule has 0 saturated carbocycles. The van der Waals surface area contributed by atoms with Crippen molar-refractivity contribution >= 4 is 27.8 Å². The topological polar surface area (TPSA) is 22.2 Å². The molecule has 4 rings (SSSR count). The molecule has 0 aliphatic rings. The number of hydrogen-bond donors (Lipinski definition) is 0. The molecule has 3 nitrogen and oxygen atoms in total. The van der Waals surface area contributed by atoms with Crippen molar-refractivity contribution in [3.05, 3.63) is 48.0 Å². The van der Waals surface area contributed by atoms with E-state index in [1.165, 1.54) is 22.1 Å². The highest BCUT2D eigenvalue weighted by Crippen LogP contribution is 2.31. The van der Waals surface area contributed by atoms with Crippen LogP contribution in [0.25, 0.3) is 27.8 Å². The van der Waals surface area contributed by atoms with Crippen molar-refractivity contribution in [1.82, 2.24) is 14.0 Å². The molecule has 0 aliphatic heterocycles. The van der Waals surface area contributed by atoms with Gasteiger partial charge < -0.3 is 4.57 Å². The minimum absolute atomic E-state index is 0.0143. The molecule has 21 heavy (non-hydrogen) atoms. The van der Waals surface area contributed by atoms with Crippen molar-refractivity contribution in [3.8, 4) is 0 Å². The first-order valence-electron chi connectivity index (χ1n) is 7.35. The lowest BCUT2D eigenvalue weighted by molar-refractivity contribution is 0.419. The third-order valence-corrected chi connectivity index (χ3v) is 4.03. The lowest BCUT2D eigenvalue weighted by atomic mass is 10.1. The lowest BCUT2D eigenvalue weighted by Crippen LogP contribution is -2.21. The molecule has 0 radical (unpaired) electrons. The first-order valence-corrected chi connectivity index (χ1v) is 7.35. The number of aryl methyl sites for hydroxylation is 1. The number of rotatable bonds is 0. The first-order chi connectivity index (χ1) is 9.97. The van der Waals surface area contributed by atoms with Gasteiger partial charge >= 0.3 is 0 Å². The fraction of sp³-hybridized carbons (Fsp3) is 0.278. The Morgan fingerprint density at radius 2 is 1.67 bits per heavy atom. The number of imidazole rings is 2. The van der Waals surface area contributed by atoms with Gasteiger partial charge in [0.05, 0.1) is 22.1 Å². The maximum absolute atomic E-state index is 4.87. The van der Waals surface area contributed by atoms with Crippen molar-refractivity contribution in [2.75, 3.05) is 0 Å². The summed E-state index contributed by atoms with van der Waals surface area (Å²) in [7, 11) is 0. The van der Waals surface area contributed by atoms with Gasteiger partial charge in [0.2, 0.25) is 5.78 Å². The lowest BCUT2D eigenvalue weighted by Gasteiger charge is -2.22. The molecule has 0 bridgehead atoms. The van der Waals surface area contributed by atoms with E-state index in [1.807, 2.05) is 6.07 Å². The summed E-state index contributed by atoms with van der Waals surface area (Å²) >= 11 is 0. The van der Waals surface area contributed by atoms with Crippen LogP contribution in [0.2, 0.25) is 0 Å². The Kier molecular flexibility index (Phi) is 2.30. The summed E-state index contributed by atoms with van der Waals surface area (Å²) in [4.78, 5) is 4.87. The molecule has 2 aromatic heterocycles. The molecule has 0 aliphatic carbocycles. The number of hydrogen-bond acceptors (Lipinski definition) is 1. The number of para-hydroxylation sites is 2. The molecular weight excluding hydrogens is 258 g/mol. The molecule has 106 valence electrons. The van der Waals surface area contributed by atoms with E-state index in [2.05, 4.69) is 73.1 Å². The van der Waals surface area contributed by atoms with E-state index < -0.39 is 0 Å². The largest absolute Gasteiger partial charge is 0.304 e. The summed E-state index contributed by atoms with van der Waals surface area (Å²) < 4.78 is 4.62. The summed E-state index contributed by atoms with van der Waals surface area (Å²) in [6, 6.07) is 15.0. The van der Waals surface area contributed by atoms with Crippen molar-refractivity contribution < 1.29 is 0 Å². The van der Waals surface area contributed by atoms with Crippen LogP contribution in [-0.2, 0) is 5.54 Å². The second kappa shape index (κ2) is 3.88. The maximum atomic E-state index is 4.87. The Morgan fingerprint density at radius 3 is 2.43 bits per heavy atom. The second-order valence-electron chi connectivity index (χ2n) is 6.73. The zero-order valence-electron chi connectivity index (χ0n) is 12.9. The third kappa shape index (κ3) is 1.63. The van der Waals surface area contributed by atoms with Crippen molar-refractivity contribution in [2.24, 2.45) is 0 Å². The molecule has 0 amide bonds. The molecule has 0 spiro atoms. The fourth-order valence-electron chi connectivity index (χ4n) is 3.17. The molecule has 3 heteroatoms. The van der Waals surface area contributed by atoms with Crippen LogP contribution < -0.4 is 0 Å². The van der Waals surface area contributed by atoms with Crippen LogP contribution in [0.4, 0.5) is 0 Å². The third-order valence-electron chi connectivity index (χ3n) is 4.03. The summed E-state index contributed by atoms with van der Waals surface area (Å²) in [6.45, 7) is 8.82. The predicted molar refractivity (Wildman–Crippen MR) is 87.9 cm³/mol. The van der Waals surface area contributed by atoms with Crippen molar-refractivity contribution in [1.29, 1.82) is 0 Å². The smallest absolute Gasteiger partial charge is 0.216 e. The molecule has 0 unspecified atom stereocenters. The Morgan fingerprint density at radius 1 is 0.905 bits per heavy atom. The minimum atomic E-state index is -0.0143. The summed E-state index contributed by atoms with van der Waals surface area (Å²) in [5.41, 5.74) is 5.95. The molecule has 0 fully saturated rings. The molecule has 0 atom stereocenters. The van der Waals surface area contributed by atoms with Gasteiger partial charge in [0.15, 0.2) is 0 Å². The van der Waals surface area contributed by atoms with Crippen molar-refractivity contribution in [3.63, 3.8) is 0 Å². The maximum Gasteiger partial charge on any atom is 0.216 e. The van der Waals surface area contributed by atoms with Crippen LogP contribution in [0.15, 0.2) is 42.5 Å². The van der Waals surface area contributed by atoms with Gasteiger partial charge in [-0.15, -0.1) is 0 Å². The van der Waals surface area contributed by atoms with Gasteiger partial charge in [-0.3, -0.25) is 4.40 Å². The van der Waals surface area contributed by atoms with Crippen LogP contribution in [-0.4, -0.2) is 14.0 Å². The van der Waals surface area contributed by atoms with E-state index in [0.717, 1.165) is 11.3 Å². The molecule has 0 N–H and O–H groups in total. The van der Waals surface area contributed by atoms with E-state index in [-0.39, 0.29) is 5.54 Å². The van der Waals surface area contributed by atoms with Crippen LogP contribution in [0, 0.1) is 6.92 Å². The monoisotopic (exact) mass is 277 g/mol. The van der Waals surface area contributed by atoms with Gasteiger partial charge in [0, 0.05) is 5.54 Å². The number of fused-ring (bicyclic) bond motifs is 5. The van der Waals surface area contributed by atoms with Gasteiger partial charge in [0.25, 0.3) is 0 Å². The van der Waals surface area contributed by atoms with E-state index in [4.69, 9.17) is 4.98 Å². The van der Waals surface area contributed by atoms with Crippen LogP contribution in [0.5, 0.6) is 0 Å². The Labute approximate surface area is 123 Å². The summed E-state index contributed by atoms with van der Waals surface area (Å²) in [5.74, 6) is 1.02. The van der Waals surface area contributed by atoms with Gasteiger partial charge in [-0.1, -0.05) is 18.2 Å². The highest BCUT2D eigenvalue weighted by molar-refractivity contribution is 5.91. The summed E-state index contributed by atoms with van der Waals surface area (Å²) in [5, 5.41) is 0. The van der Waals surface area contributed by atoms with Crippen molar-refractivity contribution in [2.45, 2.75) is 33.2 Å². The van der Waals surface area contributed by atoms with Gasteiger partial charge in [0.1, 0.15) is 0 Å². The van der Waals surface area contributed by atoms with Gasteiger partial charge in [-0.05, 0) is 57.5 Å². The second-order valence-corrected chi connectivity index (χ2v) is 6.73. The molecule has 2 heterocycles. The summed E-state index contributed by atoms with van der Waals surface area (Å²) in [6.07, 6.45) is 0. The highest BCUT2D eigenvalue weighted by Gasteiger charge is 2.23. The van der Waals surface area contributed by atoms with E-state index in [1.54, 1.807) is 0 Å². The Bertz CT molecular complexity index is 980. The number of nitrogens with zero attached hydrogens (tertiary/aromatic N) is 3. The molecule has 4 aromatic rings. The number of aromatic nitrogens is 3. The first kappa shape index (κ1) is 12.5. The van der Waals surface area contributed by atoms with Gasteiger partial charge in [-0.2, -0.15) is 0 Å². The zero-order chi connectivity index (χ0) is 14.8. The Hall–Kier alpha value is -2.29. The highest BCUT2D eigenvalue weighted by atomic mass is 15.2. The van der Waals surface area contributed by atoms with E-state index in [9.17, 15) is 0 Å². The SMILES string of the molecule is Cc1ccc2c(c1)n1c3ccccc3nc1n2C(C)(C)C. The quantitative estimate of drug-likeness (QED) is 0.463. The standard InChI is InChI=1S/C18H19N3/c1-12-9-10-15-16(11-12)20-14-8-6-5-7-13(14)19-17(20)21(15)18(2,3)4/h5-11H,1-4H3. The van der Waals surface area contributed by atoms with Crippen LogP contribution in [0.3, 0.4) is 0 Å². The number of benzene rings is 2. The van der Waals surface area contributed by atoms with Crippen LogP contribution in [0.1, 0.15) is 26.3 Å². The molecular formula is C18H19N3. The average molecular weight is 277 g/mol. The van der Waals surface area contributed by atoms with Crippen LogP contribution >= 0.6 is 0 Å². The zero-order valence-corrected chi connectivity index (χ0v) is 12.9. The average Bonchev–Trinajstić information content (AvgIpc) is 2.91. The predicted octanol–water partition coefficient (Wildman–Crippen LogP) is 4.51. The van der Waals surface area contributed by atoms with E-state index in [0.29, 0.717) is 0 Å².